The largest absolute Gasteiger partial charge is 0.279 e. The Morgan fingerprint density at radius 3 is 2.52 bits per heavy atom. The van der Waals surface area contributed by atoms with Crippen molar-refractivity contribution in [2.24, 2.45) is 0 Å². The van der Waals surface area contributed by atoms with Crippen molar-refractivity contribution in [1.29, 1.82) is 0 Å². The zero-order chi connectivity index (χ0) is 15.0. The number of anilines is 1. The summed E-state index contributed by atoms with van der Waals surface area (Å²) in [4.78, 5) is 8.31. The summed E-state index contributed by atoms with van der Waals surface area (Å²) in [5.41, 5.74) is 2.71. The van der Waals surface area contributed by atoms with E-state index in [0.717, 1.165) is 14.9 Å². The Balaban J connectivity index is 1.97. The van der Waals surface area contributed by atoms with Crippen LogP contribution in [0, 0.1) is 6.92 Å². The number of fused-ring (bicyclic) bond motifs is 1. The third-order valence-corrected chi connectivity index (χ3v) is 6.81. The quantitative estimate of drug-likeness (QED) is 0.750. The van der Waals surface area contributed by atoms with Gasteiger partial charge in [0.25, 0.3) is 10.0 Å². The highest BCUT2D eigenvalue weighted by molar-refractivity contribution is 9.11. The molecule has 0 saturated heterocycles. The monoisotopic (exact) mass is 383 g/mol. The Kier molecular flexibility index (Phi) is 3.68. The van der Waals surface area contributed by atoms with Crippen LogP contribution in [0.4, 0.5) is 5.69 Å². The van der Waals surface area contributed by atoms with Crippen LogP contribution >= 0.6 is 27.3 Å². The first-order valence-electron chi connectivity index (χ1n) is 5.95. The number of aromatic nitrogens is 2. The molecule has 0 unspecified atom stereocenters. The first kappa shape index (κ1) is 14.4. The number of rotatable bonds is 3. The topological polar surface area (TPSA) is 72.0 Å². The predicted octanol–water partition coefficient (Wildman–Crippen LogP) is 3.56. The van der Waals surface area contributed by atoms with Gasteiger partial charge in [0.2, 0.25) is 0 Å². The number of hydrogen-bond donors (Lipinski definition) is 1. The molecule has 0 saturated carbocycles. The second-order valence-electron chi connectivity index (χ2n) is 4.39. The summed E-state index contributed by atoms with van der Waals surface area (Å²) in [6.45, 7) is 1.85. The Hall–Kier alpha value is -1.51. The van der Waals surface area contributed by atoms with Gasteiger partial charge in [-0.2, -0.15) is 0 Å². The lowest BCUT2D eigenvalue weighted by Crippen LogP contribution is -2.11. The zero-order valence-corrected chi connectivity index (χ0v) is 14.1. The minimum absolute atomic E-state index is 0.270. The molecule has 0 aliphatic carbocycles. The average molecular weight is 384 g/mol. The molecule has 2 heterocycles. The van der Waals surface area contributed by atoms with Crippen molar-refractivity contribution < 1.29 is 8.42 Å². The maximum absolute atomic E-state index is 12.3. The molecule has 3 aromatic rings. The van der Waals surface area contributed by atoms with E-state index in [1.54, 1.807) is 36.7 Å². The summed E-state index contributed by atoms with van der Waals surface area (Å²) >= 11 is 4.52. The van der Waals surface area contributed by atoms with Gasteiger partial charge in [-0.15, -0.1) is 11.3 Å². The van der Waals surface area contributed by atoms with Crippen molar-refractivity contribution in [1.82, 2.24) is 9.97 Å². The Bertz CT molecular complexity index is 903. The number of benzene rings is 1. The summed E-state index contributed by atoms with van der Waals surface area (Å²) in [7, 11) is -3.59. The van der Waals surface area contributed by atoms with Gasteiger partial charge in [0.05, 0.1) is 20.5 Å². The Morgan fingerprint density at radius 1 is 1.14 bits per heavy atom. The van der Waals surface area contributed by atoms with Crippen LogP contribution in [-0.2, 0) is 10.0 Å². The van der Waals surface area contributed by atoms with Crippen molar-refractivity contribution in [3.05, 3.63) is 46.0 Å². The molecule has 108 valence electrons. The van der Waals surface area contributed by atoms with Crippen molar-refractivity contribution in [2.75, 3.05) is 4.72 Å². The smallest absolute Gasteiger partial charge is 0.271 e. The van der Waals surface area contributed by atoms with Crippen LogP contribution in [0.5, 0.6) is 0 Å². The normalized spacial score (nSPS) is 11.7. The lowest BCUT2D eigenvalue weighted by molar-refractivity contribution is 0.603. The van der Waals surface area contributed by atoms with Gasteiger partial charge in [-0.3, -0.25) is 14.7 Å². The fourth-order valence-electron chi connectivity index (χ4n) is 1.80. The second-order valence-corrected chi connectivity index (χ2v) is 8.67. The number of thiophene rings is 1. The molecular formula is C13H10BrN3O2S2. The van der Waals surface area contributed by atoms with Gasteiger partial charge in [-0.05, 0) is 52.7 Å². The fourth-order valence-corrected chi connectivity index (χ4v) is 5.07. The highest BCUT2D eigenvalue weighted by Crippen LogP contribution is 2.31. The molecule has 0 radical (unpaired) electrons. The average Bonchev–Trinajstić information content (AvgIpc) is 2.79. The lowest BCUT2D eigenvalue weighted by Gasteiger charge is -2.06. The van der Waals surface area contributed by atoms with Crippen LogP contribution < -0.4 is 4.72 Å². The summed E-state index contributed by atoms with van der Waals surface area (Å²) in [6.07, 6.45) is 3.17. The second kappa shape index (κ2) is 5.36. The summed E-state index contributed by atoms with van der Waals surface area (Å²) in [5, 5.41) is 0. The van der Waals surface area contributed by atoms with Crippen LogP contribution in [0.1, 0.15) is 5.56 Å². The summed E-state index contributed by atoms with van der Waals surface area (Å²) in [6, 6.07) is 6.70. The molecule has 8 heteroatoms. The number of nitrogens with zero attached hydrogens (tertiary/aromatic N) is 2. The van der Waals surface area contributed by atoms with E-state index in [0.29, 0.717) is 11.2 Å². The van der Waals surface area contributed by atoms with Crippen LogP contribution in [0.3, 0.4) is 0 Å². The third kappa shape index (κ3) is 2.92. The number of aryl methyl sites for hydroxylation is 1. The molecule has 2 aromatic heterocycles. The molecule has 0 aliphatic rings. The van der Waals surface area contributed by atoms with Crippen molar-refractivity contribution in [3.63, 3.8) is 0 Å². The summed E-state index contributed by atoms with van der Waals surface area (Å²) in [5.74, 6) is 0. The molecule has 21 heavy (non-hydrogen) atoms. The molecule has 0 bridgehead atoms. The van der Waals surface area contributed by atoms with E-state index in [2.05, 4.69) is 30.6 Å². The number of nitrogens with one attached hydrogen (secondary N) is 1. The Labute approximate surface area is 134 Å². The van der Waals surface area contributed by atoms with E-state index in [9.17, 15) is 8.42 Å². The molecule has 0 amide bonds. The fraction of sp³-hybridized carbons (Fsp3) is 0.0769. The van der Waals surface area contributed by atoms with E-state index in [1.807, 2.05) is 6.92 Å². The summed E-state index contributed by atoms with van der Waals surface area (Å²) < 4.78 is 28.3. The van der Waals surface area contributed by atoms with Crippen molar-refractivity contribution in [3.8, 4) is 0 Å². The maximum Gasteiger partial charge on any atom is 0.271 e. The standard InChI is InChI=1S/C13H10BrN3O2S2/c1-8-6-12(20-13(8)14)21(18,19)17-9-2-3-10-11(7-9)16-5-4-15-10/h2-7,17H,1H3. The highest BCUT2D eigenvalue weighted by atomic mass is 79.9. The van der Waals surface area contributed by atoms with Gasteiger partial charge in [-0.1, -0.05) is 0 Å². The number of sulfonamides is 1. The third-order valence-electron chi connectivity index (χ3n) is 2.82. The SMILES string of the molecule is Cc1cc(S(=O)(=O)Nc2ccc3nccnc3c2)sc1Br. The molecule has 0 spiro atoms. The maximum atomic E-state index is 12.3. The molecule has 0 aliphatic heterocycles. The highest BCUT2D eigenvalue weighted by Gasteiger charge is 2.18. The van der Waals surface area contributed by atoms with Crippen molar-refractivity contribution in [2.45, 2.75) is 11.1 Å². The molecule has 1 N–H and O–H groups in total. The van der Waals surface area contributed by atoms with E-state index in [-0.39, 0.29) is 4.21 Å². The van der Waals surface area contributed by atoms with Gasteiger partial charge < -0.3 is 0 Å². The molecular weight excluding hydrogens is 374 g/mol. The van der Waals surface area contributed by atoms with Gasteiger partial charge in [0.15, 0.2) is 0 Å². The van der Waals surface area contributed by atoms with Crippen LogP contribution in [0.2, 0.25) is 0 Å². The molecule has 3 rings (SSSR count). The minimum Gasteiger partial charge on any atom is -0.279 e. The first-order valence-corrected chi connectivity index (χ1v) is 9.04. The molecule has 1 aromatic carbocycles. The van der Waals surface area contributed by atoms with Gasteiger partial charge in [-0.25, -0.2) is 8.42 Å². The zero-order valence-electron chi connectivity index (χ0n) is 10.9. The van der Waals surface area contributed by atoms with E-state index < -0.39 is 10.0 Å². The van der Waals surface area contributed by atoms with Crippen LogP contribution in [-0.4, -0.2) is 18.4 Å². The van der Waals surface area contributed by atoms with Gasteiger partial charge >= 0.3 is 0 Å². The molecule has 5 nitrogen and oxygen atoms in total. The van der Waals surface area contributed by atoms with E-state index in [1.165, 1.54) is 11.3 Å². The van der Waals surface area contributed by atoms with Gasteiger partial charge in [0.1, 0.15) is 4.21 Å². The van der Waals surface area contributed by atoms with E-state index >= 15 is 0 Å². The predicted molar refractivity (Wildman–Crippen MR) is 87.1 cm³/mol. The first-order chi connectivity index (χ1) is 9.95. The van der Waals surface area contributed by atoms with Crippen LogP contribution in [0.25, 0.3) is 11.0 Å². The number of hydrogen-bond acceptors (Lipinski definition) is 5. The molecule has 0 fully saturated rings. The Morgan fingerprint density at radius 2 is 1.86 bits per heavy atom. The lowest BCUT2D eigenvalue weighted by atomic mass is 10.3. The van der Waals surface area contributed by atoms with E-state index in [4.69, 9.17) is 0 Å². The number of halogens is 1. The van der Waals surface area contributed by atoms with Gasteiger partial charge in [0, 0.05) is 12.4 Å². The van der Waals surface area contributed by atoms with Crippen LogP contribution in [0.15, 0.2) is 44.7 Å². The minimum atomic E-state index is -3.59. The molecule has 0 atom stereocenters. The van der Waals surface area contributed by atoms with Crippen molar-refractivity contribution >= 4 is 54.0 Å².